The molecule has 1 aliphatic rings. The van der Waals surface area contributed by atoms with Gasteiger partial charge in [0, 0.05) is 0 Å². The summed E-state index contributed by atoms with van der Waals surface area (Å²) >= 11 is 0. The molecule has 1 fully saturated rings. The van der Waals surface area contributed by atoms with E-state index in [9.17, 15) is 19.8 Å². The molecule has 0 bridgehead atoms. The van der Waals surface area contributed by atoms with Crippen molar-refractivity contribution in [3.8, 4) is 0 Å². The van der Waals surface area contributed by atoms with E-state index in [0.29, 0.717) is 18.5 Å². The molecule has 8 nitrogen and oxygen atoms in total. The summed E-state index contributed by atoms with van der Waals surface area (Å²) in [6.07, 6.45) is -0.0147. The highest BCUT2D eigenvalue weighted by atomic mass is 16.6. The molecule has 1 saturated carbocycles. The van der Waals surface area contributed by atoms with Gasteiger partial charge in [-0.1, -0.05) is 0 Å². The summed E-state index contributed by atoms with van der Waals surface area (Å²) in [5.74, 6) is -1.09. The molecule has 0 aliphatic heterocycles. The maximum absolute atomic E-state index is 11.6. The topological polar surface area (TPSA) is 114 Å². The van der Waals surface area contributed by atoms with Crippen LogP contribution in [0, 0.1) is 0 Å². The summed E-state index contributed by atoms with van der Waals surface area (Å²) in [5, 5.41) is 25.3. The zero-order valence-electron chi connectivity index (χ0n) is 12.9. The number of hydrogen-bond acceptors (Lipinski definition) is 5. The van der Waals surface area contributed by atoms with Gasteiger partial charge in [-0.25, -0.2) is 9.59 Å². The first-order chi connectivity index (χ1) is 10.2. The molecule has 1 aromatic heterocycles. The molecular weight excluding hydrogens is 290 g/mol. The van der Waals surface area contributed by atoms with Crippen molar-refractivity contribution in [3.63, 3.8) is 0 Å². The molecule has 1 amide bonds. The van der Waals surface area contributed by atoms with Crippen LogP contribution in [0.25, 0.3) is 0 Å². The first-order valence-corrected chi connectivity index (χ1v) is 7.12. The number of nitrogens with one attached hydrogen (secondary N) is 1. The van der Waals surface area contributed by atoms with Crippen molar-refractivity contribution in [2.75, 3.05) is 0 Å². The molecule has 1 heterocycles. The van der Waals surface area contributed by atoms with E-state index in [-0.39, 0.29) is 18.3 Å². The second-order valence-corrected chi connectivity index (χ2v) is 6.41. The van der Waals surface area contributed by atoms with Crippen molar-refractivity contribution >= 4 is 12.1 Å². The number of aliphatic hydroxyl groups excluding tert-OH is 1. The van der Waals surface area contributed by atoms with Crippen LogP contribution in [0.15, 0.2) is 6.07 Å². The number of carbonyl (C=O) groups is 2. The molecule has 0 spiro atoms. The number of aliphatic hydroxyl groups is 1. The summed E-state index contributed by atoms with van der Waals surface area (Å²) in [4.78, 5) is 22.8. The number of carboxylic acid groups (broad SMARTS) is 1. The van der Waals surface area contributed by atoms with Gasteiger partial charge < -0.3 is 20.3 Å². The monoisotopic (exact) mass is 311 g/mol. The number of aromatic nitrogens is 2. The number of hydrogen-bond donors (Lipinski definition) is 3. The van der Waals surface area contributed by atoms with Crippen LogP contribution in [-0.4, -0.2) is 43.8 Å². The Hall–Kier alpha value is -2.09. The van der Waals surface area contributed by atoms with Gasteiger partial charge in [-0.2, -0.15) is 5.10 Å². The number of aromatic carboxylic acids is 1. The second-order valence-electron chi connectivity index (χ2n) is 6.41. The zero-order chi connectivity index (χ0) is 16.5. The van der Waals surface area contributed by atoms with Crippen LogP contribution in [0.1, 0.15) is 55.8 Å². The van der Waals surface area contributed by atoms with Crippen molar-refractivity contribution in [2.24, 2.45) is 0 Å². The lowest BCUT2D eigenvalue weighted by molar-refractivity contribution is 0.0388. The molecule has 22 heavy (non-hydrogen) atoms. The Morgan fingerprint density at radius 3 is 2.59 bits per heavy atom. The zero-order valence-corrected chi connectivity index (χ0v) is 12.9. The summed E-state index contributed by atoms with van der Waals surface area (Å²) < 4.78 is 6.51. The molecule has 0 aromatic carbocycles. The maximum Gasteiger partial charge on any atom is 0.407 e. The minimum atomic E-state index is -1.09. The molecule has 1 aromatic rings. The Morgan fingerprint density at radius 2 is 2.09 bits per heavy atom. The number of rotatable bonds is 4. The van der Waals surface area contributed by atoms with Crippen molar-refractivity contribution in [1.29, 1.82) is 0 Å². The SMILES string of the molecule is CC(C)(C)OC(=O)NCc1cc(C(=O)O)n(C2CC(O)C2)n1. The van der Waals surface area contributed by atoms with Crippen LogP contribution in [-0.2, 0) is 11.3 Å². The van der Waals surface area contributed by atoms with Gasteiger partial charge in [-0.15, -0.1) is 0 Å². The fraction of sp³-hybridized carbons (Fsp3) is 0.643. The molecule has 0 unspecified atom stereocenters. The minimum Gasteiger partial charge on any atom is -0.477 e. The standard InChI is InChI=1S/C14H21N3O5/c1-14(2,3)22-13(21)15-7-8-4-11(12(19)20)17(16-8)9-5-10(18)6-9/h4,9-10,18H,5-7H2,1-3H3,(H,15,21)(H,19,20). The van der Waals surface area contributed by atoms with Gasteiger partial charge in [-0.05, 0) is 39.7 Å². The van der Waals surface area contributed by atoms with Crippen LogP contribution >= 0.6 is 0 Å². The van der Waals surface area contributed by atoms with Gasteiger partial charge in [0.1, 0.15) is 11.3 Å². The summed E-state index contributed by atoms with van der Waals surface area (Å²) in [5.41, 5.74) is -0.111. The molecular formula is C14H21N3O5. The van der Waals surface area contributed by atoms with Crippen LogP contribution in [0.3, 0.4) is 0 Å². The smallest absolute Gasteiger partial charge is 0.407 e. The van der Waals surface area contributed by atoms with E-state index in [0.717, 1.165) is 0 Å². The molecule has 0 atom stereocenters. The van der Waals surface area contributed by atoms with E-state index >= 15 is 0 Å². The Labute approximate surface area is 128 Å². The molecule has 122 valence electrons. The molecule has 3 N–H and O–H groups in total. The Morgan fingerprint density at radius 1 is 1.45 bits per heavy atom. The van der Waals surface area contributed by atoms with Crippen molar-refractivity contribution in [3.05, 3.63) is 17.5 Å². The number of ether oxygens (including phenoxy) is 1. The summed E-state index contributed by atoms with van der Waals surface area (Å²) in [6.45, 7) is 5.35. The first-order valence-electron chi connectivity index (χ1n) is 7.12. The van der Waals surface area contributed by atoms with E-state index in [1.54, 1.807) is 20.8 Å². The van der Waals surface area contributed by atoms with Gasteiger partial charge >= 0.3 is 12.1 Å². The Bertz CT molecular complexity index is 570. The van der Waals surface area contributed by atoms with Gasteiger partial charge in [0.05, 0.1) is 24.4 Å². The van der Waals surface area contributed by atoms with Crippen molar-refractivity contribution in [2.45, 2.75) is 57.9 Å². The van der Waals surface area contributed by atoms with Gasteiger partial charge in [-0.3, -0.25) is 4.68 Å². The second kappa shape index (κ2) is 5.96. The number of carbonyl (C=O) groups excluding carboxylic acids is 1. The lowest BCUT2D eigenvalue weighted by Crippen LogP contribution is -2.33. The summed E-state index contributed by atoms with van der Waals surface area (Å²) in [6, 6.07) is 1.31. The van der Waals surface area contributed by atoms with Crippen molar-refractivity contribution < 1.29 is 24.5 Å². The van der Waals surface area contributed by atoms with E-state index in [2.05, 4.69) is 10.4 Å². The fourth-order valence-corrected chi connectivity index (χ4v) is 2.21. The third-order valence-corrected chi connectivity index (χ3v) is 3.25. The number of amides is 1. The highest BCUT2D eigenvalue weighted by Gasteiger charge is 2.32. The van der Waals surface area contributed by atoms with E-state index in [1.807, 2.05) is 0 Å². The lowest BCUT2D eigenvalue weighted by atomic mass is 9.89. The van der Waals surface area contributed by atoms with E-state index in [1.165, 1.54) is 10.7 Å². The molecule has 8 heteroatoms. The van der Waals surface area contributed by atoms with Crippen molar-refractivity contribution in [1.82, 2.24) is 15.1 Å². The Balaban J connectivity index is 2.01. The van der Waals surface area contributed by atoms with E-state index in [4.69, 9.17) is 4.74 Å². The highest BCUT2D eigenvalue weighted by Crippen LogP contribution is 2.32. The maximum atomic E-state index is 11.6. The predicted octanol–water partition coefficient (Wildman–Crippen LogP) is 1.30. The average molecular weight is 311 g/mol. The number of alkyl carbamates (subject to hydrolysis) is 1. The van der Waals surface area contributed by atoms with E-state index < -0.39 is 23.8 Å². The Kier molecular flexibility index (Phi) is 4.41. The third-order valence-electron chi connectivity index (χ3n) is 3.25. The van der Waals surface area contributed by atoms with Gasteiger partial charge in [0.25, 0.3) is 0 Å². The van der Waals surface area contributed by atoms with Gasteiger partial charge in [0.2, 0.25) is 0 Å². The normalized spacial score (nSPS) is 21.1. The highest BCUT2D eigenvalue weighted by molar-refractivity contribution is 5.85. The lowest BCUT2D eigenvalue weighted by Gasteiger charge is -2.32. The average Bonchev–Trinajstić information content (AvgIpc) is 2.74. The third kappa shape index (κ3) is 3.97. The van der Waals surface area contributed by atoms with Gasteiger partial charge in [0.15, 0.2) is 0 Å². The van der Waals surface area contributed by atoms with Crippen LogP contribution in [0.2, 0.25) is 0 Å². The molecule has 1 aliphatic carbocycles. The molecule has 2 rings (SSSR count). The molecule has 0 radical (unpaired) electrons. The minimum absolute atomic E-state index is 0.0536. The van der Waals surface area contributed by atoms with Crippen LogP contribution in [0.4, 0.5) is 4.79 Å². The number of nitrogens with zero attached hydrogens (tertiary/aromatic N) is 2. The largest absolute Gasteiger partial charge is 0.477 e. The molecule has 0 saturated heterocycles. The quantitative estimate of drug-likeness (QED) is 0.772. The first kappa shape index (κ1) is 16.3. The number of carboxylic acids is 1. The van der Waals surface area contributed by atoms with Crippen LogP contribution in [0.5, 0.6) is 0 Å². The fourth-order valence-electron chi connectivity index (χ4n) is 2.21. The van der Waals surface area contributed by atoms with Crippen LogP contribution < -0.4 is 5.32 Å². The predicted molar refractivity (Wildman–Crippen MR) is 76.5 cm³/mol. The summed E-state index contributed by atoms with van der Waals surface area (Å²) in [7, 11) is 0.